The molecule has 1 amide bonds. The molecule has 0 aliphatic rings. The van der Waals surface area contributed by atoms with Crippen molar-refractivity contribution in [2.75, 3.05) is 13.2 Å². The summed E-state index contributed by atoms with van der Waals surface area (Å²) in [6.07, 6.45) is 95.3. The van der Waals surface area contributed by atoms with Gasteiger partial charge in [-0.25, -0.2) is 0 Å². The van der Waals surface area contributed by atoms with Gasteiger partial charge in [0.2, 0.25) is 5.91 Å². The van der Waals surface area contributed by atoms with Crippen LogP contribution >= 0.6 is 0 Å². The van der Waals surface area contributed by atoms with E-state index < -0.39 is 12.1 Å². The first-order chi connectivity index (χ1) is 41.5. The second kappa shape index (κ2) is 73.5. The predicted molar refractivity (Wildman–Crippen MR) is 370 cm³/mol. The van der Waals surface area contributed by atoms with Crippen molar-refractivity contribution >= 4 is 11.9 Å². The molecule has 2 unspecified atom stereocenters. The van der Waals surface area contributed by atoms with Gasteiger partial charge < -0.3 is 20.3 Å². The van der Waals surface area contributed by atoms with Crippen molar-refractivity contribution in [3.8, 4) is 0 Å². The van der Waals surface area contributed by atoms with E-state index in [1.165, 1.54) is 347 Å². The number of carbonyl (C=O) groups is 2. The molecule has 0 aromatic carbocycles. The Labute approximate surface area is 525 Å². The van der Waals surface area contributed by atoms with E-state index in [2.05, 4.69) is 43.5 Å². The van der Waals surface area contributed by atoms with Gasteiger partial charge in [-0.05, 0) is 64.2 Å². The summed E-state index contributed by atoms with van der Waals surface area (Å²) < 4.78 is 5.50. The zero-order valence-corrected chi connectivity index (χ0v) is 56.9. The van der Waals surface area contributed by atoms with Crippen molar-refractivity contribution in [3.63, 3.8) is 0 Å². The van der Waals surface area contributed by atoms with Crippen LogP contribution in [0.2, 0.25) is 0 Å². The molecule has 0 aromatic heterocycles. The second-order valence-corrected chi connectivity index (χ2v) is 26.3. The third kappa shape index (κ3) is 69.2. The molecule has 0 radical (unpaired) electrons. The van der Waals surface area contributed by atoms with Crippen LogP contribution in [0.3, 0.4) is 0 Å². The van der Waals surface area contributed by atoms with Gasteiger partial charge in [0.1, 0.15) is 0 Å². The fourth-order valence-corrected chi connectivity index (χ4v) is 12.1. The van der Waals surface area contributed by atoms with Gasteiger partial charge in [-0.2, -0.15) is 0 Å². The average Bonchev–Trinajstić information content (AvgIpc) is 3.51. The van der Waals surface area contributed by atoms with Crippen LogP contribution in [0.4, 0.5) is 0 Å². The minimum Gasteiger partial charge on any atom is -0.466 e. The molecule has 0 aliphatic heterocycles. The van der Waals surface area contributed by atoms with Crippen LogP contribution in [0.1, 0.15) is 425 Å². The van der Waals surface area contributed by atoms with E-state index in [1.54, 1.807) is 6.08 Å². The van der Waals surface area contributed by atoms with Crippen LogP contribution in [-0.2, 0) is 14.3 Å². The molecular formula is C78H149NO5. The highest BCUT2D eigenvalue weighted by Gasteiger charge is 2.18. The Morgan fingerprint density at radius 3 is 0.929 bits per heavy atom. The average molecular weight is 1180 g/mol. The Morgan fingerprint density at radius 1 is 0.333 bits per heavy atom. The molecule has 84 heavy (non-hydrogen) atoms. The highest BCUT2D eigenvalue weighted by Crippen LogP contribution is 2.19. The number of esters is 1. The SMILES string of the molecule is CCCCC/C=C\C/C=C\CCCCCCCCCC(=O)OCCCCCCCCCCCCCCCCCCCCCCCCCCCC(=O)NC(CO)C(O)/C=C/CCCCCCCCCCCCCCCCCCCCCCCCC. The molecule has 0 aliphatic carbocycles. The van der Waals surface area contributed by atoms with Crippen molar-refractivity contribution in [3.05, 3.63) is 36.5 Å². The Balaban J connectivity index is 3.39. The summed E-state index contributed by atoms with van der Waals surface area (Å²) in [6, 6.07) is -0.629. The second-order valence-electron chi connectivity index (χ2n) is 26.3. The Kier molecular flexibility index (Phi) is 71.9. The molecule has 2 atom stereocenters. The zero-order chi connectivity index (χ0) is 60.6. The topological polar surface area (TPSA) is 95.9 Å². The van der Waals surface area contributed by atoms with Crippen LogP contribution in [0.25, 0.3) is 0 Å². The molecule has 0 fully saturated rings. The molecule has 0 heterocycles. The molecule has 0 bridgehead atoms. The fourth-order valence-electron chi connectivity index (χ4n) is 12.1. The van der Waals surface area contributed by atoms with E-state index in [4.69, 9.17) is 4.74 Å². The molecule has 0 aromatic rings. The summed E-state index contributed by atoms with van der Waals surface area (Å²) in [5.74, 6) is -0.0525. The standard InChI is InChI=1S/C78H149NO5/c1-3-5-7-9-11-13-15-17-19-21-22-23-24-26-29-32-35-39-42-46-50-54-58-62-66-70-76(81)75(74-80)79-77(82)71-67-63-59-55-51-47-43-40-36-33-30-27-25-28-31-34-37-41-45-49-53-57-61-65-69-73-84-78(83)72-68-64-60-56-52-48-44-38-20-18-16-14-12-10-8-6-4-2/h12,14,18,20,66,70,75-76,80-81H,3-11,13,15-17,19,21-65,67-69,71-74H2,1-2H3,(H,79,82)/b14-12-,20-18-,70-66+. The Hall–Kier alpha value is -1.92. The number of hydrogen-bond acceptors (Lipinski definition) is 5. The smallest absolute Gasteiger partial charge is 0.305 e. The number of carbonyl (C=O) groups excluding carboxylic acids is 2. The summed E-state index contributed by atoms with van der Waals surface area (Å²) in [5, 5.41) is 23.3. The van der Waals surface area contributed by atoms with Crippen molar-refractivity contribution in [2.24, 2.45) is 0 Å². The Morgan fingerprint density at radius 2 is 0.595 bits per heavy atom. The summed E-state index contributed by atoms with van der Waals surface area (Å²) in [7, 11) is 0. The van der Waals surface area contributed by atoms with Crippen LogP contribution in [0.15, 0.2) is 36.5 Å². The molecule has 3 N–H and O–H groups in total. The number of nitrogens with one attached hydrogen (secondary N) is 1. The highest BCUT2D eigenvalue weighted by atomic mass is 16.5. The van der Waals surface area contributed by atoms with E-state index in [-0.39, 0.29) is 18.5 Å². The summed E-state index contributed by atoms with van der Waals surface area (Å²) >= 11 is 0. The predicted octanol–water partition coefficient (Wildman–Crippen LogP) is 25.0. The first-order valence-electron chi connectivity index (χ1n) is 38.3. The van der Waals surface area contributed by atoms with Crippen molar-refractivity contribution in [1.29, 1.82) is 0 Å². The molecule has 0 rings (SSSR count). The van der Waals surface area contributed by atoms with Crippen LogP contribution < -0.4 is 5.32 Å². The molecule has 6 nitrogen and oxygen atoms in total. The number of rotatable bonds is 72. The minimum absolute atomic E-state index is 0.00902. The normalized spacial score (nSPS) is 12.7. The summed E-state index contributed by atoms with van der Waals surface area (Å²) in [6.45, 7) is 4.92. The maximum absolute atomic E-state index is 12.6. The third-order valence-electron chi connectivity index (χ3n) is 17.9. The number of amides is 1. The maximum atomic E-state index is 12.6. The maximum Gasteiger partial charge on any atom is 0.305 e. The number of unbranched alkanes of at least 4 members (excludes halogenated alkanes) is 57. The van der Waals surface area contributed by atoms with Crippen molar-refractivity contribution in [1.82, 2.24) is 5.32 Å². The van der Waals surface area contributed by atoms with E-state index in [1.807, 2.05) is 6.08 Å². The number of hydrogen-bond donors (Lipinski definition) is 3. The lowest BCUT2D eigenvalue weighted by molar-refractivity contribution is -0.143. The monoisotopic (exact) mass is 1180 g/mol. The van der Waals surface area contributed by atoms with Gasteiger partial charge in [-0.15, -0.1) is 0 Å². The van der Waals surface area contributed by atoms with E-state index in [9.17, 15) is 19.8 Å². The largest absolute Gasteiger partial charge is 0.466 e. The molecular weight excluding hydrogens is 1030 g/mol. The lowest BCUT2D eigenvalue weighted by Gasteiger charge is -2.20. The van der Waals surface area contributed by atoms with Crippen molar-refractivity contribution in [2.45, 2.75) is 437 Å². The van der Waals surface area contributed by atoms with E-state index in [0.717, 1.165) is 51.4 Å². The van der Waals surface area contributed by atoms with Crippen molar-refractivity contribution < 1.29 is 24.5 Å². The molecule has 0 saturated carbocycles. The van der Waals surface area contributed by atoms with Gasteiger partial charge in [0.25, 0.3) is 0 Å². The van der Waals surface area contributed by atoms with Crippen LogP contribution in [-0.4, -0.2) is 47.4 Å². The fraction of sp³-hybridized carbons (Fsp3) is 0.897. The lowest BCUT2D eigenvalue weighted by Crippen LogP contribution is -2.45. The quantitative estimate of drug-likeness (QED) is 0.0320. The van der Waals surface area contributed by atoms with Gasteiger partial charge in [0.05, 0.1) is 25.4 Å². The van der Waals surface area contributed by atoms with Gasteiger partial charge in [-0.3, -0.25) is 9.59 Å². The van der Waals surface area contributed by atoms with Crippen LogP contribution in [0, 0.1) is 0 Å². The van der Waals surface area contributed by atoms with E-state index in [0.29, 0.717) is 19.4 Å². The van der Waals surface area contributed by atoms with Gasteiger partial charge in [0, 0.05) is 12.8 Å². The zero-order valence-electron chi connectivity index (χ0n) is 56.9. The van der Waals surface area contributed by atoms with E-state index >= 15 is 0 Å². The number of aliphatic hydroxyl groups excluding tert-OH is 2. The number of allylic oxidation sites excluding steroid dienone is 5. The summed E-state index contributed by atoms with van der Waals surface area (Å²) in [5.41, 5.74) is 0. The molecule has 0 saturated heterocycles. The lowest BCUT2D eigenvalue weighted by atomic mass is 10.0. The van der Waals surface area contributed by atoms with Gasteiger partial charge in [-0.1, -0.05) is 384 Å². The third-order valence-corrected chi connectivity index (χ3v) is 17.9. The number of aliphatic hydroxyl groups is 2. The molecule has 496 valence electrons. The highest BCUT2D eigenvalue weighted by molar-refractivity contribution is 5.76. The molecule has 0 spiro atoms. The number of ether oxygens (including phenoxy) is 1. The first kappa shape index (κ1) is 82.1. The minimum atomic E-state index is -0.845. The summed E-state index contributed by atoms with van der Waals surface area (Å²) in [4.78, 5) is 24.7. The van der Waals surface area contributed by atoms with Crippen LogP contribution in [0.5, 0.6) is 0 Å². The Bertz CT molecular complexity index is 1360. The molecule has 6 heteroatoms. The van der Waals surface area contributed by atoms with Gasteiger partial charge in [0.15, 0.2) is 0 Å². The first-order valence-corrected chi connectivity index (χ1v) is 38.3. The van der Waals surface area contributed by atoms with Gasteiger partial charge >= 0.3 is 5.97 Å².